The van der Waals surface area contributed by atoms with Crippen LogP contribution in [0.15, 0.2) is 77.4 Å². The third-order valence-electron chi connectivity index (χ3n) is 4.72. The van der Waals surface area contributed by atoms with Crippen molar-refractivity contribution in [1.29, 1.82) is 0 Å². The van der Waals surface area contributed by atoms with E-state index in [9.17, 15) is 19.7 Å². The first-order chi connectivity index (χ1) is 15.4. The Kier molecular flexibility index (Phi) is 5.91. The summed E-state index contributed by atoms with van der Waals surface area (Å²) in [6, 6.07) is 15.0. The smallest absolute Gasteiger partial charge is 0.338 e. The number of nitrogens with zero attached hydrogens (tertiary/aromatic N) is 2. The Morgan fingerprint density at radius 3 is 2.62 bits per heavy atom. The molecule has 0 bridgehead atoms. The van der Waals surface area contributed by atoms with Gasteiger partial charge in [-0.05, 0) is 42.0 Å². The average Bonchev–Trinajstić information content (AvgIpc) is 3.48. The maximum absolute atomic E-state index is 12.9. The molecule has 1 aliphatic rings. The van der Waals surface area contributed by atoms with E-state index in [2.05, 4.69) is 5.43 Å². The van der Waals surface area contributed by atoms with E-state index in [0.717, 1.165) is 11.6 Å². The summed E-state index contributed by atoms with van der Waals surface area (Å²) in [6.45, 7) is -0.576. The van der Waals surface area contributed by atoms with Gasteiger partial charge in [-0.25, -0.2) is 9.80 Å². The lowest BCUT2D eigenvalue weighted by atomic mass is 10.1. The van der Waals surface area contributed by atoms with E-state index in [4.69, 9.17) is 20.8 Å². The van der Waals surface area contributed by atoms with Gasteiger partial charge in [-0.15, -0.1) is 0 Å². The van der Waals surface area contributed by atoms with Crippen molar-refractivity contribution in [3.05, 3.63) is 105 Å². The zero-order valence-corrected chi connectivity index (χ0v) is 17.2. The fourth-order valence-electron chi connectivity index (χ4n) is 3.17. The van der Waals surface area contributed by atoms with Crippen LogP contribution in [0.2, 0.25) is 5.02 Å². The highest BCUT2D eigenvalue weighted by Gasteiger charge is 2.33. The number of hydrogen-bond acceptors (Lipinski definition) is 7. The predicted octanol–water partition coefficient (Wildman–Crippen LogP) is 4.13. The summed E-state index contributed by atoms with van der Waals surface area (Å²) < 4.78 is 10.6. The number of halogens is 1. The predicted molar refractivity (Wildman–Crippen MR) is 114 cm³/mol. The highest BCUT2D eigenvalue weighted by atomic mass is 35.5. The fraction of sp³-hybridized carbons (Fsp3) is 0.0909. The van der Waals surface area contributed by atoms with Crippen molar-refractivity contribution < 1.29 is 23.7 Å². The molecule has 0 unspecified atom stereocenters. The molecule has 0 saturated carbocycles. The zero-order chi connectivity index (χ0) is 22.7. The lowest BCUT2D eigenvalue weighted by molar-refractivity contribution is -0.384. The Morgan fingerprint density at radius 1 is 1.16 bits per heavy atom. The summed E-state index contributed by atoms with van der Waals surface area (Å²) in [5, 5.41) is 12.8. The minimum absolute atomic E-state index is 0.0241. The van der Waals surface area contributed by atoms with Crippen LogP contribution < -0.4 is 5.43 Å². The molecule has 162 valence electrons. The number of nitrogens with one attached hydrogen (secondary N) is 1. The van der Waals surface area contributed by atoms with Gasteiger partial charge in [0.15, 0.2) is 6.61 Å². The van der Waals surface area contributed by atoms with E-state index in [1.165, 1.54) is 29.5 Å². The second-order valence-electron chi connectivity index (χ2n) is 6.81. The molecule has 1 amide bonds. The summed E-state index contributed by atoms with van der Waals surface area (Å²) >= 11 is 5.95. The van der Waals surface area contributed by atoms with Crippen LogP contribution in [0.3, 0.4) is 0 Å². The molecule has 1 N–H and O–H groups in total. The molecular weight excluding hydrogens is 438 g/mol. The van der Waals surface area contributed by atoms with Crippen molar-refractivity contribution in [2.24, 2.45) is 0 Å². The molecule has 0 aliphatic carbocycles. The summed E-state index contributed by atoms with van der Waals surface area (Å²) in [7, 11) is 0. The molecule has 0 spiro atoms. The SMILES string of the molecule is O=C(OCC(=O)N1NC(c2ccc(Cl)cc2)=C[C@@H]1c1ccco1)c1cccc([N+](=O)[O-])c1. The van der Waals surface area contributed by atoms with Gasteiger partial charge >= 0.3 is 5.97 Å². The summed E-state index contributed by atoms with van der Waals surface area (Å²) in [5.74, 6) is -0.869. The third-order valence-corrected chi connectivity index (χ3v) is 4.97. The van der Waals surface area contributed by atoms with Crippen LogP contribution in [0.5, 0.6) is 0 Å². The minimum Gasteiger partial charge on any atom is -0.467 e. The Balaban J connectivity index is 1.48. The van der Waals surface area contributed by atoms with Gasteiger partial charge in [0, 0.05) is 17.2 Å². The number of non-ortho nitro benzene ring substituents is 1. The normalized spacial score (nSPS) is 15.1. The third kappa shape index (κ3) is 4.47. The van der Waals surface area contributed by atoms with Crippen LogP contribution in [-0.2, 0) is 9.53 Å². The van der Waals surface area contributed by atoms with Gasteiger partial charge in [-0.1, -0.05) is 29.8 Å². The van der Waals surface area contributed by atoms with E-state index in [0.29, 0.717) is 16.5 Å². The van der Waals surface area contributed by atoms with E-state index in [1.807, 2.05) is 6.08 Å². The Bertz CT molecular complexity index is 1190. The zero-order valence-electron chi connectivity index (χ0n) is 16.4. The number of nitro benzene ring substituents is 1. The maximum atomic E-state index is 12.9. The molecule has 3 aromatic rings. The molecular formula is C22H16ClN3O6. The van der Waals surface area contributed by atoms with Crippen LogP contribution in [0.4, 0.5) is 5.69 Å². The second kappa shape index (κ2) is 8.94. The van der Waals surface area contributed by atoms with Crippen molar-refractivity contribution in [2.75, 3.05) is 6.61 Å². The van der Waals surface area contributed by atoms with Gasteiger partial charge in [-0.2, -0.15) is 0 Å². The Hall–Kier alpha value is -4.11. The standard InChI is InChI=1S/C22H16ClN3O6/c23-16-8-6-14(7-9-16)18-12-19(20-5-2-10-31-20)25(24-18)21(27)13-32-22(28)15-3-1-4-17(11-15)26(29)30/h1-12,19,24H,13H2/t19-/m1/s1. The minimum atomic E-state index is -0.846. The van der Waals surface area contributed by atoms with E-state index < -0.39 is 29.4 Å². The number of rotatable bonds is 6. The molecule has 2 aromatic carbocycles. The number of carbonyl (C=O) groups is 2. The molecule has 1 atom stereocenters. The van der Waals surface area contributed by atoms with Gasteiger partial charge in [0.05, 0.1) is 22.4 Å². The van der Waals surface area contributed by atoms with Crippen molar-refractivity contribution in [2.45, 2.75) is 6.04 Å². The van der Waals surface area contributed by atoms with Gasteiger partial charge in [-0.3, -0.25) is 20.3 Å². The average molecular weight is 454 g/mol. The number of carbonyl (C=O) groups excluding carboxylic acids is 2. The molecule has 9 nitrogen and oxygen atoms in total. The number of esters is 1. The molecule has 1 aromatic heterocycles. The molecule has 0 radical (unpaired) electrons. The van der Waals surface area contributed by atoms with Gasteiger partial charge in [0.2, 0.25) is 0 Å². The maximum Gasteiger partial charge on any atom is 0.338 e. The largest absolute Gasteiger partial charge is 0.467 e. The van der Waals surface area contributed by atoms with Crippen LogP contribution >= 0.6 is 11.6 Å². The highest BCUT2D eigenvalue weighted by Crippen LogP contribution is 2.32. The number of hydrazine groups is 1. The molecule has 0 saturated heterocycles. The van der Waals surface area contributed by atoms with E-state index in [-0.39, 0.29) is 11.3 Å². The van der Waals surface area contributed by atoms with Gasteiger partial charge in [0.1, 0.15) is 11.8 Å². The summed E-state index contributed by atoms with van der Waals surface area (Å²) in [5.41, 5.74) is 4.20. The van der Waals surface area contributed by atoms with Crippen molar-refractivity contribution in [3.63, 3.8) is 0 Å². The monoisotopic (exact) mass is 453 g/mol. The Morgan fingerprint density at radius 2 is 1.94 bits per heavy atom. The molecule has 0 fully saturated rings. The summed E-state index contributed by atoms with van der Waals surface area (Å²) in [4.78, 5) is 35.4. The molecule has 10 heteroatoms. The van der Waals surface area contributed by atoms with Gasteiger partial charge < -0.3 is 9.15 Å². The highest BCUT2D eigenvalue weighted by molar-refractivity contribution is 6.30. The number of benzene rings is 2. The Labute approximate surface area is 187 Å². The first-order valence-electron chi connectivity index (χ1n) is 9.44. The second-order valence-corrected chi connectivity index (χ2v) is 7.24. The van der Waals surface area contributed by atoms with Crippen LogP contribution in [-0.4, -0.2) is 28.4 Å². The lowest BCUT2D eigenvalue weighted by Gasteiger charge is -2.23. The van der Waals surface area contributed by atoms with E-state index >= 15 is 0 Å². The molecule has 4 rings (SSSR count). The molecule has 2 heterocycles. The first kappa shape index (κ1) is 21.1. The van der Waals surface area contributed by atoms with Crippen molar-refractivity contribution >= 4 is 34.9 Å². The number of amides is 1. The van der Waals surface area contributed by atoms with Crippen molar-refractivity contribution in [3.8, 4) is 0 Å². The van der Waals surface area contributed by atoms with E-state index in [1.54, 1.807) is 36.4 Å². The van der Waals surface area contributed by atoms with Crippen LogP contribution in [0.25, 0.3) is 5.70 Å². The number of hydrogen-bond donors (Lipinski definition) is 1. The quantitative estimate of drug-likeness (QED) is 0.339. The van der Waals surface area contributed by atoms with Crippen LogP contribution in [0, 0.1) is 10.1 Å². The van der Waals surface area contributed by atoms with Gasteiger partial charge in [0.25, 0.3) is 11.6 Å². The number of ether oxygens (including phenoxy) is 1. The fourth-order valence-corrected chi connectivity index (χ4v) is 3.30. The first-order valence-corrected chi connectivity index (χ1v) is 9.81. The summed E-state index contributed by atoms with van der Waals surface area (Å²) in [6.07, 6.45) is 3.30. The number of nitro groups is 1. The van der Waals surface area contributed by atoms with Crippen LogP contribution in [0.1, 0.15) is 27.7 Å². The topological polar surface area (TPSA) is 115 Å². The van der Waals surface area contributed by atoms with Crippen molar-refractivity contribution in [1.82, 2.24) is 10.4 Å². The lowest BCUT2D eigenvalue weighted by Crippen LogP contribution is -2.41. The molecule has 32 heavy (non-hydrogen) atoms. The number of furan rings is 1. The molecule has 1 aliphatic heterocycles.